The number of carbonyl (C=O) groups excluding carboxylic acids is 1. The molecule has 8 heteroatoms. The molecule has 28 heavy (non-hydrogen) atoms. The van der Waals surface area contributed by atoms with Crippen LogP contribution in [0.3, 0.4) is 0 Å². The Morgan fingerprint density at radius 2 is 2.00 bits per heavy atom. The molecule has 0 unspecified atom stereocenters. The van der Waals surface area contributed by atoms with E-state index in [1.807, 2.05) is 44.4 Å². The van der Waals surface area contributed by atoms with Crippen molar-refractivity contribution >= 4 is 5.91 Å². The largest absolute Gasteiger partial charge is 0.438 e. The second kappa shape index (κ2) is 7.55. The Bertz CT molecular complexity index is 950. The fourth-order valence-corrected chi connectivity index (χ4v) is 3.70. The minimum atomic E-state index is -0.149. The highest BCUT2D eigenvalue weighted by molar-refractivity contribution is 5.92. The molecule has 1 aliphatic heterocycles. The van der Waals surface area contributed by atoms with Gasteiger partial charge in [-0.2, -0.15) is 0 Å². The second-order valence-electron chi connectivity index (χ2n) is 7.42. The predicted octanol–water partition coefficient (Wildman–Crippen LogP) is 2.45. The summed E-state index contributed by atoms with van der Waals surface area (Å²) < 4.78 is 11.3. The zero-order valence-corrected chi connectivity index (χ0v) is 16.2. The van der Waals surface area contributed by atoms with Crippen molar-refractivity contribution in [1.29, 1.82) is 0 Å². The molecule has 1 fully saturated rings. The van der Waals surface area contributed by atoms with Gasteiger partial charge < -0.3 is 18.6 Å². The summed E-state index contributed by atoms with van der Waals surface area (Å²) in [5.74, 6) is 1.36. The molecule has 3 heterocycles. The zero-order valence-electron chi connectivity index (χ0n) is 16.2. The van der Waals surface area contributed by atoms with E-state index in [1.54, 1.807) is 11.8 Å². The van der Waals surface area contributed by atoms with Crippen LogP contribution in [0.4, 0.5) is 0 Å². The molecule has 0 spiro atoms. The highest BCUT2D eigenvalue weighted by Crippen LogP contribution is 2.34. The number of oxazole rings is 1. The Kier molecular flexibility index (Phi) is 4.95. The third-order valence-corrected chi connectivity index (χ3v) is 5.05. The first kappa shape index (κ1) is 18.4. The molecule has 4 rings (SSSR count). The number of hydrogen-bond acceptors (Lipinski definition) is 7. The summed E-state index contributed by atoms with van der Waals surface area (Å²) in [6.07, 6.45) is 1.30. The van der Waals surface area contributed by atoms with Crippen LogP contribution in [0.2, 0.25) is 0 Å². The summed E-state index contributed by atoms with van der Waals surface area (Å²) in [5, 5.41) is 8.51. The van der Waals surface area contributed by atoms with Gasteiger partial charge in [-0.3, -0.25) is 4.79 Å². The van der Waals surface area contributed by atoms with Crippen LogP contribution in [0.1, 0.15) is 28.1 Å². The van der Waals surface area contributed by atoms with Gasteiger partial charge in [-0.1, -0.05) is 18.2 Å². The van der Waals surface area contributed by atoms with Crippen molar-refractivity contribution in [2.75, 3.05) is 33.7 Å². The van der Waals surface area contributed by atoms with E-state index in [0.717, 1.165) is 12.1 Å². The molecule has 0 N–H and O–H groups in total. The third-order valence-electron chi connectivity index (χ3n) is 5.05. The normalized spacial score (nSPS) is 19.5. The fraction of sp³-hybridized carbons (Fsp3) is 0.400. The van der Waals surface area contributed by atoms with E-state index in [4.69, 9.17) is 8.83 Å². The van der Waals surface area contributed by atoms with E-state index in [0.29, 0.717) is 36.3 Å². The molecule has 1 aliphatic rings. The van der Waals surface area contributed by atoms with Crippen LogP contribution in [0.5, 0.6) is 0 Å². The molecule has 0 bridgehead atoms. The number of benzene rings is 1. The number of rotatable bonds is 5. The first-order valence-electron chi connectivity index (χ1n) is 9.26. The predicted molar refractivity (Wildman–Crippen MR) is 102 cm³/mol. The number of nitrogens with zero attached hydrogens (tertiary/aromatic N) is 5. The van der Waals surface area contributed by atoms with Gasteiger partial charge in [-0.15, -0.1) is 10.2 Å². The number of carbonyl (C=O) groups is 1. The Hall–Kier alpha value is -3.00. The van der Waals surface area contributed by atoms with E-state index >= 15 is 0 Å². The Morgan fingerprint density at radius 1 is 1.21 bits per heavy atom. The molecule has 0 aliphatic carbocycles. The number of amides is 1. The first-order chi connectivity index (χ1) is 13.5. The number of hydrogen-bond donors (Lipinski definition) is 0. The summed E-state index contributed by atoms with van der Waals surface area (Å²) >= 11 is 0. The molecule has 0 saturated carbocycles. The maximum Gasteiger partial charge on any atom is 0.291 e. The van der Waals surface area contributed by atoms with Crippen LogP contribution >= 0.6 is 0 Å². The first-order valence-corrected chi connectivity index (χ1v) is 9.26. The van der Waals surface area contributed by atoms with Gasteiger partial charge >= 0.3 is 0 Å². The monoisotopic (exact) mass is 381 g/mol. The van der Waals surface area contributed by atoms with Crippen molar-refractivity contribution in [3.63, 3.8) is 0 Å². The molecular weight excluding hydrogens is 358 g/mol. The molecule has 8 nitrogen and oxygen atoms in total. The van der Waals surface area contributed by atoms with Gasteiger partial charge in [0.2, 0.25) is 17.5 Å². The Morgan fingerprint density at radius 3 is 2.68 bits per heavy atom. The van der Waals surface area contributed by atoms with Gasteiger partial charge in [-0.05, 0) is 33.2 Å². The summed E-state index contributed by atoms with van der Waals surface area (Å²) in [7, 11) is 4.04. The topological polar surface area (TPSA) is 88.5 Å². The molecule has 1 amide bonds. The number of likely N-dealkylation sites (tertiary alicyclic amines) is 1. The molecular formula is C20H23N5O3. The number of aromatic nitrogens is 3. The minimum Gasteiger partial charge on any atom is -0.438 e. The molecule has 0 radical (unpaired) electrons. The number of aryl methyl sites for hydroxylation is 1. The average molecular weight is 381 g/mol. The molecule has 2 atom stereocenters. The van der Waals surface area contributed by atoms with Crippen LogP contribution in [-0.4, -0.2) is 64.6 Å². The quantitative estimate of drug-likeness (QED) is 0.671. The van der Waals surface area contributed by atoms with Crippen LogP contribution < -0.4 is 0 Å². The van der Waals surface area contributed by atoms with Crippen LogP contribution in [0.25, 0.3) is 11.5 Å². The highest BCUT2D eigenvalue weighted by Gasteiger charge is 2.40. The lowest BCUT2D eigenvalue weighted by Crippen LogP contribution is -2.30. The van der Waals surface area contributed by atoms with Crippen molar-refractivity contribution in [3.8, 4) is 11.5 Å². The van der Waals surface area contributed by atoms with Crippen molar-refractivity contribution in [2.45, 2.75) is 12.8 Å². The van der Waals surface area contributed by atoms with Gasteiger partial charge in [0.25, 0.3) is 5.91 Å². The lowest BCUT2D eigenvalue weighted by atomic mass is 9.95. The van der Waals surface area contributed by atoms with Gasteiger partial charge in [0.05, 0.1) is 11.6 Å². The van der Waals surface area contributed by atoms with Crippen LogP contribution in [-0.2, 0) is 0 Å². The van der Waals surface area contributed by atoms with E-state index in [-0.39, 0.29) is 17.7 Å². The Balaban J connectivity index is 1.58. The summed E-state index contributed by atoms with van der Waals surface area (Å²) in [6, 6.07) is 9.69. The lowest BCUT2D eigenvalue weighted by Gasteiger charge is -2.19. The van der Waals surface area contributed by atoms with Crippen molar-refractivity contribution in [3.05, 3.63) is 54.1 Å². The average Bonchev–Trinajstić information content (AvgIpc) is 3.41. The maximum atomic E-state index is 12.9. The molecule has 146 valence electrons. The lowest BCUT2D eigenvalue weighted by molar-refractivity contribution is 0.0751. The SMILES string of the molecule is Cc1ncoc1C(=O)N1C[C@H](CN(C)C)[C@@H](c2nnc(-c3ccccc3)o2)C1. The van der Waals surface area contributed by atoms with E-state index in [9.17, 15) is 4.79 Å². The van der Waals surface area contributed by atoms with Crippen LogP contribution in [0, 0.1) is 12.8 Å². The van der Waals surface area contributed by atoms with Gasteiger partial charge in [-0.25, -0.2) is 4.98 Å². The Labute approximate surface area is 163 Å². The second-order valence-corrected chi connectivity index (χ2v) is 7.42. The summed E-state index contributed by atoms with van der Waals surface area (Å²) in [5.41, 5.74) is 1.48. The van der Waals surface area contributed by atoms with Crippen LogP contribution in [0.15, 0.2) is 45.6 Å². The van der Waals surface area contributed by atoms with Crippen molar-refractivity contribution in [2.24, 2.45) is 5.92 Å². The van der Waals surface area contributed by atoms with Gasteiger partial charge in [0.1, 0.15) is 0 Å². The highest BCUT2D eigenvalue weighted by atomic mass is 16.4. The van der Waals surface area contributed by atoms with Crippen molar-refractivity contribution < 1.29 is 13.6 Å². The minimum absolute atomic E-state index is 0.0282. The van der Waals surface area contributed by atoms with Gasteiger partial charge in [0.15, 0.2) is 6.39 Å². The van der Waals surface area contributed by atoms with E-state index in [1.165, 1.54) is 6.39 Å². The molecule has 1 saturated heterocycles. The fourth-order valence-electron chi connectivity index (χ4n) is 3.70. The third kappa shape index (κ3) is 3.55. The standard InChI is InChI=1S/C20H23N5O3/c1-13-17(27-12-21-13)20(26)25-10-15(9-24(2)3)16(11-25)19-23-22-18(28-19)14-7-5-4-6-8-14/h4-8,12,15-16H,9-11H2,1-3H3/t15-,16-/m0/s1. The molecule has 2 aromatic heterocycles. The molecule has 3 aromatic rings. The summed E-state index contributed by atoms with van der Waals surface area (Å²) in [6.45, 7) is 3.69. The van der Waals surface area contributed by atoms with Gasteiger partial charge in [0, 0.05) is 31.1 Å². The van der Waals surface area contributed by atoms with Crippen molar-refractivity contribution in [1.82, 2.24) is 25.0 Å². The van der Waals surface area contributed by atoms with E-state index < -0.39 is 0 Å². The van der Waals surface area contributed by atoms with E-state index in [2.05, 4.69) is 20.1 Å². The molecule has 1 aromatic carbocycles. The maximum absolute atomic E-state index is 12.9. The smallest absolute Gasteiger partial charge is 0.291 e. The zero-order chi connectivity index (χ0) is 19.7. The summed E-state index contributed by atoms with van der Waals surface area (Å²) in [4.78, 5) is 20.8.